The molecule has 1 fully saturated rings. The second-order valence-corrected chi connectivity index (χ2v) is 7.67. The molecule has 1 saturated heterocycles. The first-order valence-electron chi connectivity index (χ1n) is 9.27. The van der Waals surface area contributed by atoms with Gasteiger partial charge >= 0.3 is 12.3 Å². The largest absolute Gasteiger partial charge is 0.573 e. The minimum atomic E-state index is -4.76. The number of halogens is 3. The summed E-state index contributed by atoms with van der Waals surface area (Å²) < 4.78 is 53.2. The molecule has 1 spiro atoms. The van der Waals surface area contributed by atoms with E-state index in [9.17, 15) is 18.0 Å². The summed E-state index contributed by atoms with van der Waals surface area (Å²) in [7, 11) is 3.21. The number of alkyl halides is 3. The molecule has 1 aromatic carbocycles. The molecule has 9 heteroatoms. The highest BCUT2D eigenvalue weighted by Gasteiger charge is 2.49. The SMILES string of the molecule is COC(=O)C1CC2(CCc3c(c(C)nc4ccc(OC(F)(F)F)cc34)O2)CN1C. The summed E-state index contributed by atoms with van der Waals surface area (Å²) in [6.45, 7) is 2.37. The molecule has 0 amide bonds. The van der Waals surface area contributed by atoms with Crippen molar-refractivity contribution in [2.75, 3.05) is 20.7 Å². The number of rotatable bonds is 2. The molecule has 0 aliphatic carbocycles. The molecule has 6 nitrogen and oxygen atoms in total. The van der Waals surface area contributed by atoms with Crippen LogP contribution in [-0.2, 0) is 16.0 Å². The van der Waals surface area contributed by atoms with E-state index in [4.69, 9.17) is 9.47 Å². The molecule has 156 valence electrons. The Balaban J connectivity index is 1.71. The third-order valence-corrected chi connectivity index (χ3v) is 5.67. The molecular formula is C20H21F3N2O4. The van der Waals surface area contributed by atoms with Gasteiger partial charge in [-0.3, -0.25) is 9.69 Å². The molecule has 0 saturated carbocycles. The van der Waals surface area contributed by atoms with Crippen molar-refractivity contribution in [1.82, 2.24) is 9.88 Å². The number of esters is 1. The normalized spacial score (nSPS) is 24.4. The summed E-state index contributed by atoms with van der Waals surface area (Å²) in [6.07, 6.45) is -3.03. The van der Waals surface area contributed by atoms with Crippen molar-refractivity contribution in [2.45, 2.75) is 44.2 Å². The van der Waals surface area contributed by atoms with Crippen LogP contribution in [0.2, 0.25) is 0 Å². The number of aryl methyl sites for hydroxylation is 2. The third kappa shape index (κ3) is 3.59. The first-order chi connectivity index (χ1) is 13.6. The monoisotopic (exact) mass is 410 g/mol. The van der Waals surface area contributed by atoms with E-state index in [1.165, 1.54) is 25.3 Å². The van der Waals surface area contributed by atoms with Gasteiger partial charge in [-0.25, -0.2) is 4.98 Å². The van der Waals surface area contributed by atoms with Crippen LogP contribution in [0.5, 0.6) is 11.5 Å². The minimum absolute atomic E-state index is 0.288. The number of pyridine rings is 1. The zero-order chi connectivity index (χ0) is 21.0. The Bertz CT molecular complexity index is 978. The zero-order valence-electron chi connectivity index (χ0n) is 16.3. The number of likely N-dealkylation sites (tertiary alicyclic amines) is 1. The van der Waals surface area contributed by atoms with Gasteiger partial charge in [0.1, 0.15) is 23.1 Å². The van der Waals surface area contributed by atoms with Crippen molar-refractivity contribution < 1.29 is 32.2 Å². The number of likely N-dealkylation sites (N-methyl/N-ethyl adjacent to an activating group) is 1. The van der Waals surface area contributed by atoms with Crippen molar-refractivity contribution in [3.8, 4) is 11.5 Å². The Morgan fingerprint density at radius 3 is 2.83 bits per heavy atom. The fourth-order valence-electron chi connectivity index (χ4n) is 4.42. The Morgan fingerprint density at radius 2 is 2.14 bits per heavy atom. The number of hydrogen-bond donors (Lipinski definition) is 0. The highest BCUT2D eigenvalue weighted by atomic mass is 19.4. The number of carbonyl (C=O) groups is 1. The van der Waals surface area contributed by atoms with Gasteiger partial charge in [-0.2, -0.15) is 0 Å². The van der Waals surface area contributed by atoms with Gasteiger partial charge in [-0.1, -0.05) is 0 Å². The van der Waals surface area contributed by atoms with Gasteiger partial charge in [0.15, 0.2) is 0 Å². The molecular weight excluding hydrogens is 389 g/mol. The van der Waals surface area contributed by atoms with Crippen LogP contribution in [0.15, 0.2) is 18.2 Å². The number of carbonyl (C=O) groups excluding carboxylic acids is 1. The minimum Gasteiger partial charge on any atom is -0.484 e. The fraction of sp³-hybridized carbons (Fsp3) is 0.500. The number of ether oxygens (including phenoxy) is 3. The van der Waals surface area contributed by atoms with E-state index in [-0.39, 0.29) is 17.8 Å². The molecule has 2 unspecified atom stereocenters. The molecule has 2 atom stereocenters. The van der Waals surface area contributed by atoms with Crippen molar-refractivity contribution >= 4 is 16.9 Å². The maximum absolute atomic E-state index is 12.6. The molecule has 2 aliphatic heterocycles. The molecule has 2 aliphatic rings. The Labute approximate surface area is 165 Å². The van der Waals surface area contributed by atoms with E-state index in [0.29, 0.717) is 48.2 Å². The predicted molar refractivity (Wildman–Crippen MR) is 97.9 cm³/mol. The molecule has 0 bridgehead atoms. The molecule has 4 rings (SSSR count). The van der Waals surface area contributed by atoms with Crippen LogP contribution in [0.25, 0.3) is 10.9 Å². The van der Waals surface area contributed by atoms with Gasteiger partial charge in [0, 0.05) is 23.9 Å². The summed E-state index contributed by atoms with van der Waals surface area (Å²) in [5.74, 6) is -0.0163. The number of benzene rings is 1. The lowest BCUT2D eigenvalue weighted by Gasteiger charge is -2.36. The predicted octanol–water partition coefficient (Wildman–Crippen LogP) is 3.38. The number of methoxy groups -OCH3 is 1. The topological polar surface area (TPSA) is 60.9 Å². The van der Waals surface area contributed by atoms with Crippen molar-refractivity contribution in [2.24, 2.45) is 0 Å². The lowest BCUT2D eigenvalue weighted by molar-refractivity contribution is -0.274. The fourth-order valence-corrected chi connectivity index (χ4v) is 4.42. The van der Waals surface area contributed by atoms with E-state index in [2.05, 4.69) is 9.72 Å². The first kappa shape index (κ1) is 19.8. The van der Waals surface area contributed by atoms with E-state index in [1.54, 1.807) is 0 Å². The lowest BCUT2D eigenvalue weighted by Crippen LogP contribution is -2.42. The van der Waals surface area contributed by atoms with Gasteiger partial charge in [0.05, 0.1) is 18.3 Å². The molecule has 3 heterocycles. The Hall–Kier alpha value is -2.55. The summed E-state index contributed by atoms with van der Waals surface area (Å²) >= 11 is 0. The van der Waals surface area contributed by atoms with E-state index in [1.807, 2.05) is 18.9 Å². The summed E-state index contributed by atoms with van der Waals surface area (Å²) in [4.78, 5) is 18.5. The second kappa shape index (κ2) is 6.76. The number of fused-ring (bicyclic) bond motifs is 3. The molecule has 0 N–H and O–H groups in total. The third-order valence-electron chi connectivity index (χ3n) is 5.67. The molecule has 2 aromatic rings. The van der Waals surface area contributed by atoms with E-state index < -0.39 is 12.0 Å². The number of nitrogens with zero attached hydrogens (tertiary/aromatic N) is 2. The average molecular weight is 410 g/mol. The summed E-state index contributed by atoms with van der Waals surface area (Å²) in [6, 6.07) is 3.74. The van der Waals surface area contributed by atoms with Gasteiger partial charge in [-0.05, 0) is 45.0 Å². The summed E-state index contributed by atoms with van der Waals surface area (Å²) in [5, 5.41) is 0.582. The highest BCUT2D eigenvalue weighted by Crippen LogP contribution is 2.44. The van der Waals surface area contributed by atoms with Crippen LogP contribution in [-0.4, -0.2) is 54.6 Å². The van der Waals surface area contributed by atoms with E-state index in [0.717, 1.165) is 5.56 Å². The molecule has 0 radical (unpaired) electrons. The van der Waals surface area contributed by atoms with E-state index >= 15 is 0 Å². The maximum Gasteiger partial charge on any atom is 0.573 e. The maximum atomic E-state index is 12.6. The van der Waals surface area contributed by atoms with Crippen LogP contribution in [0.1, 0.15) is 24.1 Å². The average Bonchev–Trinajstić information content (AvgIpc) is 2.96. The van der Waals surface area contributed by atoms with Gasteiger partial charge in [0.2, 0.25) is 0 Å². The van der Waals surface area contributed by atoms with Crippen LogP contribution >= 0.6 is 0 Å². The second-order valence-electron chi connectivity index (χ2n) is 7.67. The Kier molecular flexibility index (Phi) is 4.60. The van der Waals surface area contributed by atoms with Crippen LogP contribution < -0.4 is 9.47 Å². The highest BCUT2D eigenvalue weighted by molar-refractivity contribution is 5.86. The number of aromatic nitrogens is 1. The standard InChI is InChI=1S/C20H21F3N2O4/c1-11-17-13(14-8-12(28-20(21,22)23)4-5-15(14)24-11)6-7-19(29-17)9-16(18(26)27-3)25(2)10-19/h4-5,8,16H,6-7,9-10H2,1-3H3. The molecule has 1 aromatic heterocycles. The van der Waals surface area contributed by atoms with Crippen molar-refractivity contribution in [3.63, 3.8) is 0 Å². The Morgan fingerprint density at radius 1 is 1.38 bits per heavy atom. The lowest BCUT2D eigenvalue weighted by atomic mass is 9.87. The molecule has 29 heavy (non-hydrogen) atoms. The number of hydrogen-bond acceptors (Lipinski definition) is 6. The van der Waals surface area contributed by atoms with Crippen LogP contribution in [0.3, 0.4) is 0 Å². The van der Waals surface area contributed by atoms with Crippen LogP contribution in [0, 0.1) is 6.92 Å². The van der Waals surface area contributed by atoms with Gasteiger partial charge < -0.3 is 14.2 Å². The first-order valence-corrected chi connectivity index (χ1v) is 9.27. The zero-order valence-corrected chi connectivity index (χ0v) is 16.3. The van der Waals surface area contributed by atoms with Gasteiger partial charge in [-0.15, -0.1) is 13.2 Å². The smallest absolute Gasteiger partial charge is 0.484 e. The quantitative estimate of drug-likeness (QED) is 0.708. The van der Waals surface area contributed by atoms with Crippen molar-refractivity contribution in [1.29, 1.82) is 0 Å². The summed E-state index contributed by atoms with van der Waals surface area (Å²) in [5.41, 5.74) is 1.52. The van der Waals surface area contributed by atoms with Gasteiger partial charge in [0.25, 0.3) is 0 Å². The van der Waals surface area contributed by atoms with Crippen LogP contribution in [0.4, 0.5) is 13.2 Å². The van der Waals surface area contributed by atoms with Crippen molar-refractivity contribution in [3.05, 3.63) is 29.5 Å².